The van der Waals surface area contributed by atoms with Crippen LogP contribution in [0.3, 0.4) is 0 Å². The van der Waals surface area contributed by atoms with E-state index in [9.17, 15) is 14.4 Å². The number of rotatable bonds is 60. The number of carbonyl (C=O) groups excluding carboxylic acids is 3. The summed E-state index contributed by atoms with van der Waals surface area (Å²) in [5.41, 5.74) is 0. The van der Waals surface area contributed by atoms with Crippen LogP contribution in [0.25, 0.3) is 0 Å². The third kappa shape index (κ3) is 66.2. The second kappa shape index (κ2) is 68.1. The van der Waals surface area contributed by atoms with E-state index in [1.54, 1.807) is 0 Å². The van der Waals surface area contributed by atoms with Crippen LogP contribution in [0.1, 0.15) is 303 Å². The van der Waals surface area contributed by atoms with E-state index in [1.807, 2.05) is 0 Å². The van der Waals surface area contributed by atoms with E-state index in [0.29, 0.717) is 19.3 Å². The number of hydrogen-bond donors (Lipinski definition) is 0. The first-order valence-corrected chi connectivity index (χ1v) is 33.7. The second-order valence-electron chi connectivity index (χ2n) is 22.0. The summed E-state index contributed by atoms with van der Waals surface area (Å²) in [5.74, 6) is -0.958. The molecule has 0 amide bonds. The summed E-state index contributed by atoms with van der Waals surface area (Å²) in [6, 6.07) is 0. The third-order valence-electron chi connectivity index (χ3n) is 14.1. The number of carbonyl (C=O) groups is 3. The molecule has 1 unspecified atom stereocenters. The molecule has 0 aromatic carbocycles. The van der Waals surface area contributed by atoms with Crippen LogP contribution < -0.4 is 0 Å². The summed E-state index contributed by atoms with van der Waals surface area (Å²) >= 11 is 0. The number of ether oxygens (including phenoxy) is 3. The maximum Gasteiger partial charge on any atom is 0.306 e. The summed E-state index contributed by atoms with van der Waals surface area (Å²) in [6.07, 6.45) is 96.0. The number of esters is 3. The van der Waals surface area contributed by atoms with Gasteiger partial charge >= 0.3 is 17.9 Å². The fourth-order valence-electron chi connectivity index (χ4n) is 9.12. The fraction of sp³-hybridized carbons (Fsp3) is 0.667. The molecule has 0 spiro atoms. The smallest absolute Gasteiger partial charge is 0.306 e. The molecule has 0 N–H and O–H groups in total. The minimum atomic E-state index is -0.808. The number of unbranched alkanes of at least 4 members (excludes halogenated alkanes) is 27. The molecule has 0 aliphatic heterocycles. The third-order valence-corrected chi connectivity index (χ3v) is 14.1. The van der Waals surface area contributed by atoms with E-state index >= 15 is 0 Å². The quantitative estimate of drug-likeness (QED) is 0.0261. The Morgan fingerprint density at radius 3 is 0.827 bits per heavy atom. The fourth-order valence-corrected chi connectivity index (χ4v) is 9.12. The van der Waals surface area contributed by atoms with Crippen LogP contribution in [-0.2, 0) is 28.6 Å². The average molecular weight is 1120 g/mol. The van der Waals surface area contributed by atoms with E-state index in [-0.39, 0.29) is 37.5 Å². The second-order valence-corrected chi connectivity index (χ2v) is 22.0. The van der Waals surface area contributed by atoms with Crippen LogP contribution in [0.15, 0.2) is 134 Å². The Balaban J connectivity index is 4.46. The first kappa shape index (κ1) is 76.5. The van der Waals surface area contributed by atoms with Crippen molar-refractivity contribution in [3.05, 3.63) is 134 Å². The highest BCUT2D eigenvalue weighted by atomic mass is 16.6. The predicted molar refractivity (Wildman–Crippen MR) is 353 cm³/mol. The molecule has 6 nitrogen and oxygen atoms in total. The molecule has 0 saturated heterocycles. The lowest BCUT2D eigenvalue weighted by atomic mass is 10.0. The first-order chi connectivity index (χ1) is 40.0. The van der Waals surface area contributed by atoms with Crippen molar-refractivity contribution in [1.29, 1.82) is 0 Å². The van der Waals surface area contributed by atoms with Crippen molar-refractivity contribution in [2.75, 3.05) is 13.2 Å². The van der Waals surface area contributed by atoms with Crippen LogP contribution in [0, 0.1) is 0 Å². The normalized spacial score (nSPS) is 13.0. The Hall–Kier alpha value is -4.45. The molecular weight excluding hydrogens is 997 g/mol. The molecule has 6 heteroatoms. The minimum Gasteiger partial charge on any atom is -0.462 e. The highest BCUT2D eigenvalue weighted by molar-refractivity contribution is 5.71. The van der Waals surface area contributed by atoms with Gasteiger partial charge in [0.05, 0.1) is 0 Å². The zero-order valence-corrected chi connectivity index (χ0v) is 52.8. The maximum absolute atomic E-state index is 12.9. The van der Waals surface area contributed by atoms with Gasteiger partial charge in [-0.2, -0.15) is 0 Å². The Kier molecular flexibility index (Phi) is 64.3. The monoisotopic (exact) mass is 1120 g/mol. The molecule has 460 valence electrons. The highest BCUT2D eigenvalue weighted by Gasteiger charge is 2.19. The van der Waals surface area contributed by atoms with Crippen molar-refractivity contribution in [2.45, 2.75) is 309 Å². The van der Waals surface area contributed by atoms with E-state index in [1.165, 1.54) is 148 Å². The van der Waals surface area contributed by atoms with Crippen LogP contribution in [0.5, 0.6) is 0 Å². The molecule has 0 aromatic rings. The van der Waals surface area contributed by atoms with Crippen molar-refractivity contribution in [3.63, 3.8) is 0 Å². The maximum atomic E-state index is 12.9. The summed E-state index contributed by atoms with van der Waals surface area (Å²) < 4.78 is 16.9. The minimum absolute atomic E-state index is 0.0983. The van der Waals surface area contributed by atoms with E-state index in [2.05, 4.69) is 154 Å². The van der Waals surface area contributed by atoms with Crippen LogP contribution >= 0.6 is 0 Å². The van der Waals surface area contributed by atoms with Gasteiger partial charge in [0.25, 0.3) is 0 Å². The standard InChI is InChI=1S/C75H124O6/c1-4-7-10-13-16-19-22-25-28-30-32-33-34-35-36-37-38-39-40-41-43-44-47-50-53-56-59-62-65-68-74(77)80-71-72(70-79-73(76)67-64-61-58-55-52-49-46-27-24-21-18-15-12-9-6-3)81-75(78)69-66-63-60-57-54-51-48-45-42-31-29-26-23-20-17-14-11-8-5-2/h7,10,16-17,19-20,25-26,28-29,32-33,35-36,38-39,41,43,47,50,56,59,72H,4-6,8-9,11-15,18,21-24,27,30-31,34,37,40,42,44-46,48-49,51-55,57-58,60-71H2,1-3H3/b10-7-,19-16-,20-17-,28-25-,29-26-,33-32-,36-35-,39-38-,43-41-,50-47-,59-56-. The number of hydrogen-bond acceptors (Lipinski definition) is 6. The molecule has 0 aliphatic carbocycles. The SMILES string of the molecule is CC/C=C\C/C=C\C/C=C\C/C=C\C/C=C\C/C=C\C/C=C\C/C=C\C/C=C\CCCC(=O)OCC(COC(=O)CCCCCCCCCCCCCCCCC)OC(=O)CCCCCCCCCCC/C=C\C/C=C\CCCCC. The average Bonchev–Trinajstić information content (AvgIpc) is 3.47. The molecule has 1 atom stereocenters. The van der Waals surface area contributed by atoms with Crippen molar-refractivity contribution in [1.82, 2.24) is 0 Å². The van der Waals surface area contributed by atoms with Crippen molar-refractivity contribution >= 4 is 17.9 Å². The number of allylic oxidation sites excluding steroid dienone is 22. The Labute approximate surface area is 500 Å². The van der Waals surface area contributed by atoms with Crippen molar-refractivity contribution < 1.29 is 28.6 Å². The molecule has 0 radical (unpaired) electrons. The van der Waals surface area contributed by atoms with Gasteiger partial charge in [0.1, 0.15) is 13.2 Å². The zero-order valence-electron chi connectivity index (χ0n) is 52.8. The largest absolute Gasteiger partial charge is 0.462 e. The summed E-state index contributed by atoms with van der Waals surface area (Å²) in [5, 5.41) is 0. The molecule has 0 fully saturated rings. The van der Waals surface area contributed by atoms with Gasteiger partial charge in [-0.15, -0.1) is 0 Å². The molecule has 0 saturated carbocycles. The van der Waals surface area contributed by atoms with Gasteiger partial charge in [-0.1, -0.05) is 302 Å². The molecule has 0 aromatic heterocycles. The Morgan fingerprint density at radius 2 is 0.494 bits per heavy atom. The van der Waals surface area contributed by atoms with Crippen LogP contribution in [-0.4, -0.2) is 37.2 Å². The van der Waals surface area contributed by atoms with Gasteiger partial charge in [-0.25, -0.2) is 0 Å². The predicted octanol–water partition coefficient (Wildman–Crippen LogP) is 23.3. The molecule has 0 bridgehead atoms. The van der Waals surface area contributed by atoms with Gasteiger partial charge in [-0.3, -0.25) is 14.4 Å². The van der Waals surface area contributed by atoms with Crippen molar-refractivity contribution in [2.24, 2.45) is 0 Å². The van der Waals surface area contributed by atoms with Crippen LogP contribution in [0.2, 0.25) is 0 Å². The topological polar surface area (TPSA) is 78.9 Å². The lowest BCUT2D eigenvalue weighted by Gasteiger charge is -2.18. The molecular formula is C75H124O6. The molecule has 0 aliphatic rings. The Bertz CT molecular complexity index is 1720. The van der Waals surface area contributed by atoms with Gasteiger partial charge in [-0.05, 0) is 116 Å². The van der Waals surface area contributed by atoms with E-state index < -0.39 is 6.10 Å². The van der Waals surface area contributed by atoms with Gasteiger partial charge < -0.3 is 14.2 Å². The summed E-state index contributed by atoms with van der Waals surface area (Å²) in [7, 11) is 0. The summed E-state index contributed by atoms with van der Waals surface area (Å²) in [4.78, 5) is 38.4. The summed E-state index contributed by atoms with van der Waals surface area (Å²) in [6.45, 7) is 6.47. The van der Waals surface area contributed by atoms with E-state index in [0.717, 1.165) is 109 Å². The zero-order chi connectivity index (χ0) is 58.5. The lowest BCUT2D eigenvalue weighted by Crippen LogP contribution is -2.30. The Morgan fingerprint density at radius 1 is 0.259 bits per heavy atom. The lowest BCUT2D eigenvalue weighted by molar-refractivity contribution is -0.167. The van der Waals surface area contributed by atoms with Gasteiger partial charge in [0, 0.05) is 19.3 Å². The van der Waals surface area contributed by atoms with Crippen molar-refractivity contribution in [3.8, 4) is 0 Å². The van der Waals surface area contributed by atoms with Gasteiger partial charge in [0.15, 0.2) is 6.10 Å². The van der Waals surface area contributed by atoms with E-state index in [4.69, 9.17) is 14.2 Å². The molecule has 0 rings (SSSR count). The highest BCUT2D eigenvalue weighted by Crippen LogP contribution is 2.16. The van der Waals surface area contributed by atoms with Gasteiger partial charge in [0.2, 0.25) is 0 Å². The molecule has 0 heterocycles. The first-order valence-electron chi connectivity index (χ1n) is 33.7. The van der Waals surface area contributed by atoms with Crippen LogP contribution in [0.4, 0.5) is 0 Å². The molecule has 81 heavy (non-hydrogen) atoms.